The Morgan fingerprint density at radius 1 is 1.19 bits per heavy atom. The number of aromatic nitrogens is 1. The molecule has 0 spiro atoms. The molecule has 21 heavy (non-hydrogen) atoms. The zero-order valence-corrected chi connectivity index (χ0v) is 12.5. The third-order valence-electron chi connectivity index (χ3n) is 4.23. The monoisotopic (exact) mass is 280 g/mol. The molecule has 2 heterocycles. The first kappa shape index (κ1) is 13.8. The van der Waals surface area contributed by atoms with Crippen LogP contribution in [0.4, 0.5) is 0 Å². The van der Waals surface area contributed by atoms with Crippen LogP contribution in [0.5, 0.6) is 0 Å². The number of aryl methyl sites for hydroxylation is 2. The van der Waals surface area contributed by atoms with E-state index in [2.05, 4.69) is 11.1 Å². The Balaban J connectivity index is 1.92. The van der Waals surface area contributed by atoms with Crippen molar-refractivity contribution in [3.05, 3.63) is 65.0 Å². The Hall–Kier alpha value is -2.16. The van der Waals surface area contributed by atoms with Gasteiger partial charge in [0.15, 0.2) is 0 Å². The predicted octanol–water partition coefficient (Wildman–Crippen LogP) is 3.68. The summed E-state index contributed by atoms with van der Waals surface area (Å²) in [5.74, 6) is 0.149. The minimum absolute atomic E-state index is 0.149. The highest BCUT2D eigenvalue weighted by Crippen LogP contribution is 2.33. The van der Waals surface area contributed by atoms with Gasteiger partial charge in [-0.15, -0.1) is 0 Å². The van der Waals surface area contributed by atoms with Gasteiger partial charge in [-0.3, -0.25) is 9.78 Å². The van der Waals surface area contributed by atoms with Crippen LogP contribution >= 0.6 is 0 Å². The summed E-state index contributed by atoms with van der Waals surface area (Å²) in [6.07, 6.45) is 5.69. The van der Waals surface area contributed by atoms with Crippen molar-refractivity contribution >= 4 is 5.91 Å². The Morgan fingerprint density at radius 2 is 1.95 bits per heavy atom. The lowest BCUT2D eigenvalue weighted by Crippen LogP contribution is -2.31. The SMILES string of the molecule is Cc1ccc(C)c(C(=O)N2CCCC2c2ccncc2)c1. The van der Waals surface area contributed by atoms with Gasteiger partial charge in [0.2, 0.25) is 0 Å². The predicted molar refractivity (Wildman–Crippen MR) is 83.2 cm³/mol. The molecule has 1 aromatic heterocycles. The third-order valence-corrected chi connectivity index (χ3v) is 4.23. The van der Waals surface area contributed by atoms with E-state index in [4.69, 9.17) is 0 Å². The van der Waals surface area contributed by atoms with Gasteiger partial charge in [-0.2, -0.15) is 0 Å². The number of hydrogen-bond donors (Lipinski definition) is 0. The first-order valence-electron chi connectivity index (χ1n) is 7.45. The van der Waals surface area contributed by atoms with Gasteiger partial charge in [-0.1, -0.05) is 17.7 Å². The van der Waals surface area contributed by atoms with E-state index in [-0.39, 0.29) is 11.9 Å². The van der Waals surface area contributed by atoms with Crippen LogP contribution in [0.2, 0.25) is 0 Å². The van der Waals surface area contributed by atoms with Crippen molar-refractivity contribution in [2.45, 2.75) is 32.7 Å². The first-order chi connectivity index (χ1) is 10.2. The van der Waals surface area contributed by atoms with Crippen molar-refractivity contribution in [3.63, 3.8) is 0 Å². The number of likely N-dealkylation sites (tertiary alicyclic amines) is 1. The number of carbonyl (C=O) groups is 1. The van der Waals surface area contributed by atoms with Crippen LogP contribution < -0.4 is 0 Å². The molecule has 1 aliphatic heterocycles. The maximum atomic E-state index is 12.9. The molecule has 1 atom stereocenters. The summed E-state index contributed by atoms with van der Waals surface area (Å²) >= 11 is 0. The summed E-state index contributed by atoms with van der Waals surface area (Å²) in [7, 11) is 0. The van der Waals surface area contributed by atoms with Gasteiger partial charge < -0.3 is 4.90 Å². The molecule has 2 aromatic rings. The van der Waals surface area contributed by atoms with E-state index in [0.717, 1.165) is 36.1 Å². The van der Waals surface area contributed by atoms with Crippen molar-refractivity contribution in [3.8, 4) is 0 Å². The highest BCUT2D eigenvalue weighted by atomic mass is 16.2. The number of benzene rings is 1. The van der Waals surface area contributed by atoms with Gasteiger partial charge in [0.1, 0.15) is 0 Å². The summed E-state index contributed by atoms with van der Waals surface area (Å²) in [5.41, 5.74) is 4.19. The van der Waals surface area contributed by atoms with E-state index >= 15 is 0 Å². The van der Waals surface area contributed by atoms with Gasteiger partial charge in [-0.05, 0) is 56.0 Å². The fourth-order valence-corrected chi connectivity index (χ4v) is 3.06. The van der Waals surface area contributed by atoms with Crippen LogP contribution in [-0.2, 0) is 0 Å². The van der Waals surface area contributed by atoms with Crippen molar-refractivity contribution in [1.82, 2.24) is 9.88 Å². The topological polar surface area (TPSA) is 33.2 Å². The molecule has 0 radical (unpaired) electrons. The van der Waals surface area contributed by atoms with Crippen LogP contribution in [0.25, 0.3) is 0 Å². The number of carbonyl (C=O) groups excluding carboxylic acids is 1. The van der Waals surface area contributed by atoms with Crippen molar-refractivity contribution in [2.24, 2.45) is 0 Å². The average Bonchev–Trinajstić information content (AvgIpc) is 2.99. The Bertz CT molecular complexity index is 652. The second kappa shape index (κ2) is 5.68. The van der Waals surface area contributed by atoms with E-state index < -0.39 is 0 Å². The van der Waals surface area contributed by atoms with Crippen LogP contribution in [0.1, 0.15) is 45.9 Å². The molecule has 3 rings (SSSR count). The van der Waals surface area contributed by atoms with Crippen LogP contribution in [-0.4, -0.2) is 22.3 Å². The number of rotatable bonds is 2. The van der Waals surface area contributed by atoms with Crippen molar-refractivity contribution in [1.29, 1.82) is 0 Å². The molecule has 1 fully saturated rings. The van der Waals surface area contributed by atoms with E-state index in [0.29, 0.717) is 0 Å². The number of pyridine rings is 1. The third kappa shape index (κ3) is 2.68. The molecule has 1 amide bonds. The minimum Gasteiger partial charge on any atom is -0.332 e. The van der Waals surface area contributed by atoms with Crippen molar-refractivity contribution in [2.75, 3.05) is 6.54 Å². The number of nitrogens with zero attached hydrogens (tertiary/aromatic N) is 2. The molecule has 1 unspecified atom stereocenters. The quantitative estimate of drug-likeness (QED) is 0.841. The molecule has 1 aromatic carbocycles. The van der Waals surface area contributed by atoms with Crippen LogP contribution in [0, 0.1) is 13.8 Å². The minimum atomic E-state index is 0.149. The fraction of sp³-hybridized carbons (Fsp3) is 0.333. The molecule has 108 valence electrons. The second-order valence-corrected chi connectivity index (χ2v) is 5.76. The largest absolute Gasteiger partial charge is 0.332 e. The molecule has 0 aliphatic carbocycles. The van der Waals surface area contributed by atoms with E-state index in [1.807, 2.05) is 43.0 Å². The maximum absolute atomic E-state index is 12.9. The van der Waals surface area contributed by atoms with Gasteiger partial charge in [0.25, 0.3) is 5.91 Å². The fourth-order valence-electron chi connectivity index (χ4n) is 3.06. The van der Waals surface area contributed by atoms with Gasteiger partial charge >= 0.3 is 0 Å². The Labute approximate surface area is 125 Å². The van der Waals surface area contributed by atoms with Crippen LogP contribution in [0.15, 0.2) is 42.7 Å². The van der Waals surface area contributed by atoms with Gasteiger partial charge in [0.05, 0.1) is 6.04 Å². The lowest BCUT2D eigenvalue weighted by molar-refractivity contribution is 0.0735. The summed E-state index contributed by atoms with van der Waals surface area (Å²) in [5, 5.41) is 0. The summed E-state index contributed by atoms with van der Waals surface area (Å²) in [6, 6.07) is 10.3. The van der Waals surface area contributed by atoms with E-state index in [1.165, 1.54) is 5.56 Å². The Morgan fingerprint density at radius 3 is 2.71 bits per heavy atom. The second-order valence-electron chi connectivity index (χ2n) is 5.76. The summed E-state index contributed by atoms with van der Waals surface area (Å²) in [4.78, 5) is 19.0. The molecule has 0 saturated carbocycles. The molecule has 0 N–H and O–H groups in total. The molecule has 3 nitrogen and oxygen atoms in total. The molecule has 0 bridgehead atoms. The lowest BCUT2D eigenvalue weighted by Gasteiger charge is -2.26. The summed E-state index contributed by atoms with van der Waals surface area (Å²) < 4.78 is 0. The van der Waals surface area contributed by atoms with E-state index in [9.17, 15) is 4.79 Å². The first-order valence-corrected chi connectivity index (χ1v) is 7.45. The van der Waals surface area contributed by atoms with Gasteiger partial charge in [0, 0.05) is 24.5 Å². The van der Waals surface area contributed by atoms with Crippen molar-refractivity contribution < 1.29 is 4.79 Å². The average molecular weight is 280 g/mol. The number of amides is 1. The molecule has 1 saturated heterocycles. The highest BCUT2D eigenvalue weighted by Gasteiger charge is 2.31. The Kier molecular flexibility index (Phi) is 3.74. The smallest absolute Gasteiger partial charge is 0.254 e. The molecular formula is C18H20N2O. The van der Waals surface area contributed by atoms with Gasteiger partial charge in [-0.25, -0.2) is 0 Å². The van der Waals surface area contributed by atoms with Crippen LogP contribution in [0.3, 0.4) is 0 Å². The number of hydrogen-bond acceptors (Lipinski definition) is 2. The zero-order chi connectivity index (χ0) is 14.8. The molecule has 1 aliphatic rings. The molecule has 3 heteroatoms. The molecular weight excluding hydrogens is 260 g/mol. The lowest BCUT2D eigenvalue weighted by atomic mass is 10.0. The standard InChI is InChI=1S/C18H20N2O/c1-13-5-6-14(2)16(12-13)18(21)20-11-3-4-17(20)15-7-9-19-10-8-15/h5-10,12,17H,3-4,11H2,1-2H3. The normalized spacial score (nSPS) is 18.0. The van der Waals surface area contributed by atoms with E-state index in [1.54, 1.807) is 12.4 Å². The summed E-state index contributed by atoms with van der Waals surface area (Å²) in [6.45, 7) is 4.87. The maximum Gasteiger partial charge on any atom is 0.254 e. The zero-order valence-electron chi connectivity index (χ0n) is 12.5. The highest BCUT2D eigenvalue weighted by molar-refractivity contribution is 5.96.